The van der Waals surface area contributed by atoms with Crippen molar-refractivity contribution in [2.24, 2.45) is 0 Å². The van der Waals surface area contributed by atoms with Crippen molar-refractivity contribution in [1.82, 2.24) is 19.3 Å². The molecule has 38 heavy (non-hydrogen) atoms. The Balaban J connectivity index is 1.14. The number of rotatable bonds is 7. The summed E-state index contributed by atoms with van der Waals surface area (Å²) < 4.78 is 7.60. The minimum absolute atomic E-state index is 0.216. The molecule has 1 aliphatic rings. The Morgan fingerprint density at radius 3 is 2.63 bits per heavy atom. The first-order valence-electron chi connectivity index (χ1n) is 12.4. The molecule has 1 amide bonds. The van der Waals surface area contributed by atoms with E-state index in [0.29, 0.717) is 16.9 Å². The van der Waals surface area contributed by atoms with Gasteiger partial charge in [0.25, 0.3) is 5.91 Å². The van der Waals surface area contributed by atoms with E-state index in [0.717, 1.165) is 59.9 Å². The van der Waals surface area contributed by atoms with E-state index in [-0.39, 0.29) is 5.91 Å². The van der Waals surface area contributed by atoms with Gasteiger partial charge in [0.05, 0.1) is 41.4 Å². The van der Waals surface area contributed by atoms with E-state index < -0.39 is 0 Å². The molecule has 0 radical (unpaired) electrons. The number of anilines is 4. The summed E-state index contributed by atoms with van der Waals surface area (Å²) in [6.45, 7) is 4.28. The lowest BCUT2D eigenvalue weighted by Gasteiger charge is -2.26. The molecule has 1 fully saturated rings. The molecule has 1 aliphatic heterocycles. The van der Waals surface area contributed by atoms with Gasteiger partial charge in [-0.3, -0.25) is 14.1 Å². The van der Waals surface area contributed by atoms with Crippen LogP contribution in [-0.2, 0) is 11.3 Å². The van der Waals surface area contributed by atoms with Gasteiger partial charge in [-0.15, -0.1) is 0 Å². The Kier molecular flexibility index (Phi) is 6.74. The fourth-order valence-electron chi connectivity index (χ4n) is 4.46. The zero-order valence-electron chi connectivity index (χ0n) is 20.6. The summed E-state index contributed by atoms with van der Waals surface area (Å²) in [6, 6.07) is 18.6. The number of morpholine rings is 1. The zero-order chi connectivity index (χ0) is 25.9. The minimum Gasteiger partial charge on any atom is -0.397 e. The SMILES string of the molecule is Nc1ccccc1NC(=O)c1ccc(Nc2ncc(-c3cnc4c(CN5CCOCC5)cccn34)s2)cc1. The highest BCUT2D eigenvalue weighted by molar-refractivity contribution is 7.18. The molecule has 0 unspecified atom stereocenters. The normalized spacial score (nSPS) is 14.0. The van der Waals surface area contributed by atoms with Crippen LogP contribution in [0.15, 0.2) is 79.3 Å². The molecule has 0 aliphatic carbocycles. The number of imidazole rings is 1. The third-order valence-corrected chi connectivity index (χ3v) is 7.42. The largest absolute Gasteiger partial charge is 0.397 e. The first-order chi connectivity index (χ1) is 18.6. The molecular weight excluding hydrogens is 498 g/mol. The number of ether oxygens (including phenoxy) is 1. The molecule has 0 atom stereocenters. The van der Waals surface area contributed by atoms with Crippen LogP contribution in [0.25, 0.3) is 16.2 Å². The highest BCUT2D eigenvalue weighted by atomic mass is 32.1. The first kappa shape index (κ1) is 24.1. The van der Waals surface area contributed by atoms with Crippen molar-refractivity contribution in [1.29, 1.82) is 0 Å². The highest BCUT2D eigenvalue weighted by Gasteiger charge is 2.16. The second-order valence-corrected chi connectivity index (χ2v) is 10.1. The summed E-state index contributed by atoms with van der Waals surface area (Å²) in [6.07, 6.45) is 5.81. The molecule has 5 aromatic rings. The monoisotopic (exact) mass is 525 g/mol. The van der Waals surface area contributed by atoms with E-state index in [9.17, 15) is 4.79 Å². The van der Waals surface area contributed by atoms with Gasteiger partial charge in [0.15, 0.2) is 5.13 Å². The molecule has 192 valence electrons. The standard InChI is InChI=1S/C28H27N7O2S/c29-22-5-1-2-6-23(22)33-27(36)19-7-9-21(10-8-19)32-28-31-17-25(38-28)24-16-30-26-20(4-3-11-35(24)26)18-34-12-14-37-15-13-34/h1-11,16-17H,12-15,18,29H2,(H,31,32)(H,33,36). The lowest BCUT2D eigenvalue weighted by atomic mass is 10.2. The van der Waals surface area contributed by atoms with Crippen LogP contribution in [0.2, 0.25) is 0 Å². The number of hydrogen-bond acceptors (Lipinski definition) is 8. The molecule has 4 heterocycles. The summed E-state index contributed by atoms with van der Waals surface area (Å²) >= 11 is 1.55. The Morgan fingerprint density at radius 2 is 1.82 bits per heavy atom. The number of pyridine rings is 1. The number of aromatic nitrogens is 3. The average molecular weight is 526 g/mol. The average Bonchev–Trinajstić information content (AvgIpc) is 3.58. The van der Waals surface area contributed by atoms with Crippen molar-refractivity contribution >= 4 is 45.1 Å². The molecular formula is C28H27N7O2S. The van der Waals surface area contributed by atoms with Gasteiger partial charge in [-0.05, 0) is 42.5 Å². The summed E-state index contributed by atoms with van der Waals surface area (Å²) in [5.74, 6) is -0.216. The number of amides is 1. The van der Waals surface area contributed by atoms with Crippen LogP contribution >= 0.6 is 11.3 Å². The smallest absolute Gasteiger partial charge is 0.255 e. The van der Waals surface area contributed by atoms with Crippen LogP contribution in [0, 0.1) is 0 Å². The highest BCUT2D eigenvalue weighted by Crippen LogP contribution is 2.32. The number of nitrogens with two attached hydrogens (primary N) is 1. The van der Waals surface area contributed by atoms with Gasteiger partial charge >= 0.3 is 0 Å². The number of nitrogens with one attached hydrogen (secondary N) is 2. The van der Waals surface area contributed by atoms with Crippen LogP contribution in [0.1, 0.15) is 15.9 Å². The van der Waals surface area contributed by atoms with Crippen LogP contribution < -0.4 is 16.4 Å². The molecule has 0 spiro atoms. The van der Waals surface area contributed by atoms with Gasteiger partial charge in [0.1, 0.15) is 5.65 Å². The fraction of sp³-hybridized carbons (Fsp3) is 0.179. The van der Waals surface area contributed by atoms with E-state index in [1.54, 1.807) is 35.6 Å². The zero-order valence-corrected chi connectivity index (χ0v) is 21.4. The molecule has 3 aromatic heterocycles. The number of benzene rings is 2. The second-order valence-electron chi connectivity index (χ2n) is 9.03. The first-order valence-corrected chi connectivity index (χ1v) is 13.2. The molecule has 0 saturated carbocycles. The minimum atomic E-state index is -0.216. The number of carbonyl (C=O) groups is 1. The van der Waals surface area contributed by atoms with E-state index in [1.165, 1.54) is 5.56 Å². The summed E-state index contributed by atoms with van der Waals surface area (Å²) in [5.41, 5.74) is 11.6. The van der Waals surface area contributed by atoms with Gasteiger partial charge in [-0.25, -0.2) is 9.97 Å². The molecule has 10 heteroatoms. The molecule has 0 bridgehead atoms. The summed E-state index contributed by atoms with van der Waals surface area (Å²) in [7, 11) is 0. The Labute approximate surface area is 223 Å². The van der Waals surface area contributed by atoms with Gasteiger partial charge in [-0.1, -0.05) is 29.5 Å². The van der Waals surface area contributed by atoms with Gasteiger partial charge in [0.2, 0.25) is 0 Å². The maximum absolute atomic E-state index is 12.6. The molecule has 2 aromatic carbocycles. The Hall–Kier alpha value is -4.25. The Bertz CT molecular complexity index is 1570. The topological polar surface area (TPSA) is 110 Å². The summed E-state index contributed by atoms with van der Waals surface area (Å²) in [4.78, 5) is 25.3. The van der Waals surface area contributed by atoms with Crippen molar-refractivity contribution in [3.63, 3.8) is 0 Å². The Morgan fingerprint density at radius 1 is 1.00 bits per heavy atom. The third kappa shape index (κ3) is 5.10. The van der Waals surface area contributed by atoms with Crippen molar-refractivity contribution in [2.75, 3.05) is 42.7 Å². The number of hydrogen-bond donors (Lipinski definition) is 3. The van der Waals surface area contributed by atoms with E-state index in [1.807, 2.05) is 42.9 Å². The van der Waals surface area contributed by atoms with Crippen LogP contribution in [-0.4, -0.2) is 51.5 Å². The van der Waals surface area contributed by atoms with Crippen molar-refractivity contribution in [2.45, 2.75) is 6.54 Å². The van der Waals surface area contributed by atoms with Crippen molar-refractivity contribution in [3.05, 3.63) is 90.4 Å². The quantitative estimate of drug-likeness (QED) is 0.260. The van der Waals surface area contributed by atoms with Crippen LogP contribution in [0.3, 0.4) is 0 Å². The van der Waals surface area contributed by atoms with Gasteiger partial charge in [-0.2, -0.15) is 0 Å². The van der Waals surface area contributed by atoms with E-state index in [2.05, 4.69) is 37.1 Å². The maximum Gasteiger partial charge on any atom is 0.255 e. The number of nitrogens with zero attached hydrogens (tertiary/aromatic N) is 4. The lowest BCUT2D eigenvalue weighted by molar-refractivity contribution is 0.0343. The van der Waals surface area contributed by atoms with Crippen LogP contribution in [0.5, 0.6) is 0 Å². The number of thiazole rings is 1. The van der Waals surface area contributed by atoms with Crippen LogP contribution in [0.4, 0.5) is 22.2 Å². The fourth-order valence-corrected chi connectivity index (χ4v) is 5.30. The van der Waals surface area contributed by atoms with E-state index >= 15 is 0 Å². The van der Waals surface area contributed by atoms with Gasteiger partial charge < -0.3 is 21.1 Å². The number of nitrogen functional groups attached to an aromatic ring is 1. The molecule has 4 N–H and O–H groups in total. The molecule has 9 nitrogen and oxygen atoms in total. The number of carbonyl (C=O) groups excluding carboxylic acids is 1. The lowest BCUT2D eigenvalue weighted by Crippen LogP contribution is -2.35. The predicted molar refractivity (Wildman–Crippen MR) is 151 cm³/mol. The third-order valence-electron chi connectivity index (χ3n) is 6.48. The van der Waals surface area contributed by atoms with Crippen molar-refractivity contribution < 1.29 is 9.53 Å². The van der Waals surface area contributed by atoms with Gasteiger partial charge in [0, 0.05) is 48.8 Å². The molecule has 6 rings (SSSR count). The number of fused-ring (bicyclic) bond motifs is 1. The van der Waals surface area contributed by atoms with E-state index in [4.69, 9.17) is 15.5 Å². The number of para-hydroxylation sites is 2. The summed E-state index contributed by atoms with van der Waals surface area (Å²) in [5, 5.41) is 6.94. The second kappa shape index (κ2) is 10.6. The predicted octanol–water partition coefficient (Wildman–Crippen LogP) is 4.87. The maximum atomic E-state index is 12.6. The van der Waals surface area contributed by atoms with Crippen molar-refractivity contribution in [3.8, 4) is 10.6 Å². The molecule has 1 saturated heterocycles.